The number of esters is 1. The minimum Gasteiger partial charge on any atom is -0.507 e. The first-order chi connectivity index (χ1) is 12.5. The topological polar surface area (TPSA) is 64.1 Å². The Balaban J connectivity index is 2.39. The summed E-state index contributed by atoms with van der Waals surface area (Å²) >= 11 is 0. The lowest BCUT2D eigenvalue weighted by Crippen LogP contribution is -3.10. The SMILES string of the molecule is CCOC(=O)c1c(C)oc2c1c(C[NH+](CC)CC)c(O)c1ccccc12. The van der Waals surface area contributed by atoms with E-state index in [1.165, 1.54) is 4.90 Å². The van der Waals surface area contributed by atoms with Crippen LogP contribution in [0.3, 0.4) is 0 Å². The molecule has 3 aromatic rings. The van der Waals surface area contributed by atoms with Crippen LogP contribution in [0.5, 0.6) is 5.75 Å². The van der Waals surface area contributed by atoms with E-state index in [-0.39, 0.29) is 5.75 Å². The minimum atomic E-state index is -0.408. The Bertz CT molecular complexity index is 954. The summed E-state index contributed by atoms with van der Waals surface area (Å²) in [6.45, 7) is 10.5. The van der Waals surface area contributed by atoms with Crippen LogP contribution in [0.25, 0.3) is 21.7 Å². The molecule has 0 radical (unpaired) electrons. The molecule has 1 heterocycles. The third-order valence-corrected chi connectivity index (χ3v) is 5.01. The van der Waals surface area contributed by atoms with E-state index < -0.39 is 5.97 Å². The summed E-state index contributed by atoms with van der Waals surface area (Å²) in [7, 11) is 0. The molecule has 0 aliphatic heterocycles. The Labute approximate surface area is 153 Å². The molecule has 5 nitrogen and oxygen atoms in total. The van der Waals surface area contributed by atoms with Gasteiger partial charge in [-0.15, -0.1) is 0 Å². The highest BCUT2D eigenvalue weighted by Crippen LogP contribution is 2.41. The van der Waals surface area contributed by atoms with Crippen LogP contribution in [0.4, 0.5) is 0 Å². The average molecular weight is 356 g/mol. The molecule has 0 bridgehead atoms. The van der Waals surface area contributed by atoms with Crippen LogP contribution in [0.2, 0.25) is 0 Å². The summed E-state index contributed by atoms with van der Waals surface area (Å²) in [6.07, 6.45) is 0. The van der Waals surface area contributed by atoms with Gasteiger partial charge in [-0.2, -0.15) is 0 Å². The molecule has 1 aromatic heterocycles. The number of phenolic OH excluding ortho intramolecular Hbond substituents is 1. The molecule has 0 aliphatic rings. The first kappa shape index (κ1) is 18.3. The van der Waals surface area contributed by atoms with Gasteiger partial charge in [-0.05, 0) is 27.7 Å². The maximum absolute atomic E-state index is 12.6. The van der Waals surface area contributed by atoms with Crippen molar-refractivity contribution in [1.29, 1.82) is 0 Å². The van der Waals surface area contributed by atoms with Crippen molar-refractivity contribution in [1.82, 2.24) is 0 Å². The van der Waals surface area contributed by atoms with Gasteiger partial charge in [0.2, 0.25) is 0 Å². The highest BCUT2D eigenvalue weighted by Gasteiger charge is 2.27. The van der Waals surface area contributed by atoms with Crippen LogP contribution in [-0.4, -0.2) is 30.8 Å². The lowest BCUT2D eigenvalue weighted by molar-refractivity contribution is -0.910. The van der Waals surface area contributed by atoms with E-state index in [0.717, 1.165) is 29.4 Å². The Morgan fingerprint density at radius 2 is 1.81 bits per heavy atom. The van der Waals surface area contributed by atoms with Gasteiger partial charge in [0.05, 0.1) is 25.3 Å². The molecule has 0 atom stereocenters. The Kier molecular flexibility index (Phi) is 5.18. The van der Waals surface area contributed by atoms with E-state index in [1.807, 2.05) is 24.3 Å². The summed E-state index contributed by atoms with van der Waals surface area (Å²) in [5.74, 6) is 0.332. The first-order valence-corrected chi connectivity index (χ1v) is 9.19. The molecule has 5 heteroatoms. The number of phenols is 1. The fourth-order valence-electron chi connectivity index (χ4n) is 3.56. The highest BCUT2D eigenvalue weighted by molar-refractivity contribution is 6.16. The van der Waals surface area contributed by atoms with E-state index in [4.69, 9.17) is 9.15 Å². The monoisotopic (exact) mass is 356 g/mol. The van der Waals surface area contributed by atoms with E-state index in [1.54, 1.807) is 13.8 Å². The maximum Gasteiger partial charge on any atom is 0.342 e. The molecule has 0 saturated carbocycles. The van der Waals surface area contributed by atoms with Crippen molar-refractivity contribution < 1.29 is 24.0 Å². The first-order valence-electron chi connectivity index (χ1n) is 9.19. The third-order valence-electron chi connectivity index (χ3n) is 5.01. The molecule has 0 aliphatic carbocycles. The summed E-state index contributed by atoms with van der Waals surface area (Å²) in [6, 6.07) is 7.58. The second-order valence-corrected chi connectivity index (χ2v) is 6.46. The number of fused-ring (bicyclic) bond motifs is 3. The highest BCUT2D eigenvalue weighted by atomic mass is 16.5. The van der Waals surface area contributed by atoms with Gasteiger partial charge in [0.1, 0.15) is 29.2 Å². The average Bonchev–Trinajstić information content (AvgIpc) is 2.99. The van der Waals surface area contributed by atoms with Gasteiger partial charge in [0, 0.05) is 16.2 Å². The number of aryl methyl sites for hydroxylation is 1. The second kappa shape index (κ2) is 7.38. The normalized spacial score (nSPS) is 11.6. The summed E-state index contributed by atoms with van der Waals surface area (Å²) in [4.78, 5) is 13.9. The van der Waals surface area contributed by atoms with Gasteiger partial charge in [-0.3, -0.25) is 0 Å². The lowest BCUT2D eigenvalue weighted by Gasteiger charge is -2.18. The van der Waals surface area contributed by atoms with E-state index in [0.29, 0.717) is 35.4 Å². The van der Waals surface area contributed by atoms with Crippen molar-refractivity contribution in [2.75, 3.05) is 19.7 Å². The molecular weight excluding hydrogens is 330 g/mol. The van der Waals surface area contributed by atoms with Gasteiger partial charge < -0.3 is 19.2 Å². The number of ether oxygens (including phenoxy) is 1. The van der Waals surface area contributed by atoms with Crippen molar-refractivity contribution in [2.24, 2.45) is 0 Å². The number of hydrogen-bond donors (Lipinski definition) is 2. The van der Waals surface area contributed by atoms with Crippen LogP contribution in [-0.2, 0) is 11.3 Å². The van der Waals surface area contributed by atoms with Crippen molar-refractivity contribution in [2.45, 2.75) is 34.2 Å². The van der Waals surface area contributed by atoms with Gasteiger partial charge in [-0.25, -0.2) is 4.79 Å². The third kappa shape index (κ3) is 2.92. The minimum absolute atomic E-state index is 0.221. The number of nitrogens with one attached hydrogen (secondary N) is 1. The summed E-state index contributed by atoms with van der Waals surface area (Å²) < 4.78 is 11.3. The molecule has 0 amide bonds. The van der Waals surface area contributed by atoms with Crippen LogP contribution < -0.4 is 4.90 Å². The van der Waals surface area contributed by atoms with E-state index >= 15 is 0 Å². The molecule has 0 unspecified atom stereocenters. The van der Waals surface area contributed by atoms with Crippen LogP contribution >= 0.6 is 0 Å². The fourth-order valence-corrected chi connectivity index (χ4v) is 3.56. The quantitative estimate of drug-likeness (QED) is 0.666. The van der Waals surface area contributed by atoms with Crippen molar-refractivity contribution >= 4 is 27.7 Å². The number of carbonyl (C=O) groups is 1. The van der Waals surface area contributed by atoms with Crippen molar-refractivity contribution in [3.63, 3.8) is 0 Å². The van der Waals surface area contributed by atoms with Crippen molar-refractivity contribution in [3.05, 3.63) is 41.2 Å². The Morgan fingerprint density at radius 1 is 1.15 bits per heavy atom. The van der Waals surface area contributed by atoms with Gasteiger partial charge in [0.15, 0.2) is 0 Å². The molecule has 0 fully saturated rings. The largest absolute Gasteiger partial charge is 0.507 e. The molecule has 26 heavy (non-hydrogen) atoms. The van der Waals surface area contributed by atoms with E-state index in [9.17, 15) is 9.90 Å². The fraction of sp³-hybridized carbons (Fsp3) is 0.381. The van der Waals surface area contributed by atoms with Gasteiger partial charge >= 0.3 is 5.97 Å². The smallest absolute Gasteiger partial charge is 0.342 e. The van der Waals surface area contributed by atoms with Crippen LogP contribution in [0, 0.1) is 6.92 Å². The zero-order valence-corrected chi connectivity index (χ0v) is 15.8. The lowest BCUT2D eigenvalue weighted by atomic mass is 9.97. The molecule has 138 valence electrons. The Morgan fingerprint density at radius 3 is 2.42 bits per heavy atom. The van der Waals surface area contributed by atoms with Gasteiger partial charge in [-0.1, -0.05) is 24.3 Å². The zero-order chi connectivity index (χ0) is 18.8. The van der Waals surface area contributed by atoms with Crippen molar-refractivity contribution in [3.8, 4) is 5.75 Å². The van der Waals surface area contributed by atoms with Crippen LogP contribution in [0.15, 0.2) is 28.7 Å². The predicted octanol–water partition coefficient (Wildman–Crippen LogP) is 3.20. The molecule has 0 spiro atoms. The van der Waals surface area contributed by atoms with E-state index in [2.05, 4.69) is 13.8 Å². The molecule has 3 rings (SSSR count). The number of carbonyl (C=O) groups excluding carboxylic acids is 1. The number of furan rings is 1. The molecule has 0 saturated heterocycles. The molecule has 2 aromatic carbocycles. The Hall–Kier alpha value is -2.53. The summed E-state index contributed by atoms with van der Waals surface area (Å²) in [5, 5.41) is 13.2. The maximum atomic E-state index is 12.6. The standard InChI is InChI=1S/C21H25NO4/c1-5-22(6-2)12-16-18-17(21(24)25-7-3)13(4)26-20(18)15-11-9-8-10-14(15)19(16)23/h8-11,23H,5-7,12H2,1-4H3/p+1. The summed E-state index contributed by atoms with van der Waals surface area (Å²) in [5.41, 5.74) is 1.81. The van der Waals surface area contributed by atoms with Gasteiger partial charge in [0.25, 0.3) is 0 Å². The predicted molar refractivity (Wildman–Crippen MR) is 102 cm³/mol. The number of hydrogen-bond acceptors (Lipinski definition) is 4. The second-order valence-electron chi connectivity index (χ2n) is 6.46. The number of rotatable bonds is 6. The van der Waals surface area contributed by atoms with Crippen LogP contribution in [0.1, 0.15) is 42.5 Å². The molecular formula is C21H26NO4+. The number of benzene rings is 2. The number of aromatic hydroxyl groups is 1. The zero-order valence-electron chi connectivity index (χ0n) is 15.8. The number of quaternary nitrogens is 1. The molecule has 2 N–H and O–H groups in total.